The lowest BCUT2D eigenvalue weighted by Crippen LogP contribution is -2.40. The standard InChI is InChI=1S/C31H39N3O4S/c1-18-15-19(2)32-30(35)25(18)16-34-13-11-24-26(31(34)36)20(3)28(29(37-6)27(24)21-12-14-39-17-21)38-23-9-7-22(8-10-23)33(4)5/h12,14-15,17,22-23H,7-11,13,16H2,1-6H3,(H,32,35). The van der Waals surface area contributed by atoms with E-state index in [-0.39, 0.29) is 24.1 Å². The van der Waals surface area contributed by atoms with E-state index in [1.807, 2.05) is 32.2 Å². The van der Waals surface area contributed by atoms with Crippen LogP contribution in [0, 0.1) is 20.8 Å². The predicted octanol–water partition coefficient (Wildman–Crippen LogP) is 5.49. The van der Waals surface area contributed by atoms with Crippen molar-refractivity contribution in [1.29, 1.82) is 0 Å². The van der Waals surface area contributed by atoms with E-state index in [9.17, 15) is 9.59 Å². The first-order valence-corrected chi connectivity index (χ1v) is 14.7. The molecule has 3 aromatic rings. The van der Waals surface area contributed by atoms with Gasteiger partial charge < -0.3 is 24.3 Å². The Hall–Kier alpha value is -3.10. The minimum atomic E-state index is -0.131. The van der Waals surface area contributed by atoms with Crippen LogP contribution in [0.3, 0.4) is 0 Å². The molecule has 0 atom stereocenters. The number of carbonyl (C=O) groups is 1. The van der Waals surface area contributed by atoms with E-state index in [1.54, 1.807) is 23.3 Å². The summed E-state index contributed by atoms with van der Waals surface area (Å²) in [5.41, 5.74) is 6.72. The molecular formula is C31H39N3O4S. The number of fused-ring (bicyclic) bond motifs is 1. The van der Waals surface area contributed by atoms with Gasteiger partial charge in [0.05, 0.1) is 25.3 Å². The van der Waals surface area contributed by atoms with E-state index in [0.717, 1.165) is 59.2 Å². The lowest BCUT2D eigenvalue weighted by molar-refractivity contribution is 0.0722. The number of amides is 1. The third-order valence-electron chi connectivity index (χ3n) is 8.40. The summed E-state index contributed by atoms with van der Waals surface area (Å²) in [7, 11) is 5.97. The van der Waals surface area contributed by atoms with E-state index in [0.29, 0.717) is 41.6 Å². The van der Waals surface area contributed by atoms with Crippen LogP contribution in [0.5, 0.6) is 11.5 Å². The van der Waals surface area contributed by atoms with Crippen LogP contribution in [0.1, 0.15) is 64.0 Å². The fourth-order valence-electron chi connectivity index (χ4n) is 6.25. The maximum Gasteiger partial charge on any atom is 0.254 e. The molecule has 2 aliphatic rings. The Labute approximate surface area is 234 Å². The first kappa shape index (κ1) is 27.5. The predicted molar refractivity (Wildman–Crippen MR) is 156 cm³/mol. The van der Waals surface area contributed by atoms with Crippen LogP contribution in [-0.4, -0.2) is 60.6 Å². The van der Waals surface area contributed by atoms with Gasteiger partial charge in [0, 0.05) is 35.0 Å². The third-order valence-corrected chi connectivity index (χ3v) is 9.08. The summed E-state index contributed by atoms with van der Waals surface area (Å²) in [6.45, 7) is 6.60. The molecule has 1 amide bonds. The van der Waals surface area contributed by atoms with Crippen LogP contribution in [0.15, 0.2) is 27.7 Å². The maximum absolute atomic E-state index is 14.1. The molecule has 7 nitrogen and oxygen atoms in total. The third kappa shape index (κ3) is 5.24. The van der Waals surface area contributed by atoms with Crippen LogP contribution >= 0.6 is 11.3 Å². The zero-order chi connectivity index (χ0) is 27.8. The first-order chi connectivity index (χ1) is 18.7. The number of hydrogen-bond acceptors (Lipinski definition) is 6. The Morgan fingerprint density at radius 2 is 1.82 bits per heavy atom. The van der Waals surface area contributed by atoms with Gasteiger partial charge in [0.25, 0.3) is 11.5 Å². The van der Waals surface area contributed by atoms with Crippen LogP contribution in [0.2, 0.25) is 0 Å². The molecule has 0 bridgehead atoms. The van der Waals surface area contributed by atoms with Crippen molar-refractivity contribution in [3.05, 3.63) is 66.8 Å². The highest BCUT2D eigenvalue weighted by atomic mass is 32.1. The normalized spacial score (nSPS) is 19.4. The summed E-state index contributed by atoms with van der Waals surface area (Å²) < 4.78 is 12.8. The minimum absolute atomic E-state index is 0.0616. The highest BCUT2D eigenvalue weighted by molar-refractivity contribution is 7.08. The second-order valence-electron chi connectivity index (χ2n) is 11.2. The fraction of sp³-hybridized carbons (Fsp3) is 0.484. The largest absolute Gasteiger partial charge is 0.492 e. The summed E-state index contributed by atoms with van der Waals surface area (Å²) in [4.78, 5) is 33.9. The van der Waals surface area contributed by atoms with Crippen molar-refractivity contribution in [3.8, 4) is 22.6 Å². The van der Waals surface area contributed by atoms with Crippen LogP contribution in [-0.2, 0) is 13.0 Å². The van der Waals surface area contributed by atoms with Crippen molar-refractivity contribution in [1.82, 2.24) is 14.8 Å². The summed E-state index contributed by atoms with van der Waals surface area (Å²) in [5.74, 6) is 1.32. The van der Waals surface area contributed by atoms with Gasteiger partial charge >= 0.3 is 0 Å². The monoisotopic (exact) mass is 549 g/mol. The quantitative estimate of drug-likeness (QED) is 0.422. The number of nitrogens with one attached hydrogen (secondary N) is 1. The summed E-state index contributed by atoms with van der Waals surface area (Å²) in [6.07, 6.45) is 4.85. The summed E-state index contributed by atoms with van der Waals surface area (Å²) in [5, 5.41) is 4.15. The number of benzene rings is 1. The molecule has 2 aromatic heterocycles. The van der Waals surface area contributed by atoms with E-state index in [1.165, 1.54) is 0 Å². The van der Waals surface area contributed by atoms with E-state index < -0.39 is 0 Å². The van der Waals surface area contributed by atoms with Crippen molar-refractivity contribution in [3.63, 3.8) is 0 Å². The molecule has 1 aromatic carbocycles. The number of thiophene rings is 1. The number of carbonyl (C=O) groups excluding carboxylic acids is 1. The number of pyridine rings is 1. The summed E-state index contributed by atoms with van der Waals surface area (Å²) >= 11 is 1.63. The molecule has 208 valence electrons. The number of hydrogen-bond donors (Lipinski definition) is 1. The maximum atomic E-state index is 14.1. The number of aryl methyl sites for hydroxylation is 2. The van der Waals surface area contributed by atoms with E-state index in [4.69, 9.17) is 9.47 Å². The molecule has 8 heteroatoms. The highest BCUT2D eigenvalue weighted by Gasteiger charge is 2.35. The Morgan fingerprint density at radius 3 is 2.44 bits per heavy atom. The van der Waals surface area contributed by atoms with Crippen molar-refractivity contribution in [2.75, 3.05) is 27.7 Å². The molecular weight excluding hydrogens is 510 g/mol. The number of H-pyrrole nitrogens is 1. The molecule has 1 N–H and O–H groups in total. The van der Waals surface area contributed by atoms with Crippen LogP contribution in [0.4, 0.5) is 0 Å². The van der Waals surface area contributed by atoms with Crippen LogP contribution in [0.25, 0.3) is 11.1 Å². The van der Waals surface area contributed by atoms with Gasteiger partial charge in [-0.15, -0.1) is 0 Å². The second-order valence-corrected chi connectivity index (χ2v) is 11.9. The van der Waals surface area contributed by atoms with Gasteiger partial charge in [-0.05, 0) is 107 Å². The molecule has 39 heavy (non-hydrogen) atoms. The molecule has 1 aliphatic carbocycles. The number of ether oxygens (including phenoxy) is 2. The SMILES string of the molecule is COc1c(OC2CCC(N(C)C)CC2)c(C)c2c(c1-c1ccsc1)CCN(Cc1c(C)cc(C)[nH]c1=O)C2=O. The minimum Gasteiger partial charge on any atom is -0.492 e. The number of aromatic nitrogens is 1. The van der Waals surface area contributed by atoms with E-state index in [2.05, 4.69) is 35.4 Å². The lowest BCUT2D eigenvalue weighted by atomic mass is 9.86. The molecule has 0 spiro atoms. The van der Waals surface area contributed by atoms with Gasteiger partial charge in [-0.3, -0.25) is 9.59 Å². The van der Waals surface area contributed by atoms with Crippen molar-refractivity contribution < 1.29 is 14.3 Å². The molecule has 0 unspecified atom stereocenters. The Bertz CT molecular complexity index is 1420. The number of methoxy groups -OCH3 is 1. The Balaban J connectivity index is 1.56. The van der Waals surface area contributed by atoms with Crippen molar-refractivity contribution >= 4 is 17.2 Å². The van der Waals surface area contributed by atoms with Gasteiger partial charge in [0.15, 0.2) is 11.5 Å². The van der Waals surface area contributed by atoms with Gasteiger partial charge in [-0.1, -0.05) is 0 Å². The van der Waals surface area contributed by atoms with E-state index >= 15 is 0 Å². The summed E-state index contributed by atoms with van der Waals surface area (Å²) in [6, 6.07) is 4.61. The molecule has 5 rings (SSSR count). The smallest absolute Gasteiger partial charge is 0.254 e. The zero-order valence-corrected chi connectivity index (χ0v) is 24.7. The number of aromatic amines is 1. The van der Waals surface area contributed by atoms with Crippen molar-refractivity contribution in [2.24, 2.45) is 0 Å². The molecule has 1 fully saturated rings. The second kappa shape index (κ2) is 11.2. The zero-order valence-electron chi connectivity index (χ0n) is 23.8. The number of rotatable bonds is 7. The van der Waals surface area contributed by atoms with Gasteiger partial charge in [0.1, 0.15) is 0 Å². The molecule has 1 aliphatic heterocycles. The number of nitrogens with zero attached hydrogens (tertiary/aromatic N) is 2. The molecule has 0 radical (unpaired) electrons. The average Bonchev–Trinajstić information content (AvgIpc) is 3.43. The molecule has 1 saturated carbocycles. The van der Waals surface area contributed by atoms with Gasteiger partial charge in [-0.2, -0.15) is 11.3 Å². The fourth-order valence-corrected chi connectivity index (χ4v) is 6.89. The molecule has 0 saturated heterocycles. The highest BCUT2D eigenvalue weighted by Crippen LogP contribution is 2.48. The van der Waals surface area contributed by atoms with Crippen molar-refractivity contribution in [2.45, 2.75) is 71.6 Å². The van der Waals surface area contributed by atoms with Gasteiger partial charge in [-0.25, -0.2) is 0 Å². The Morgan fingerprint density at radius 1 is 1.08 bits per heavy atom. The average molecular weight is 550 g/mol. The first-order valence-electron chi connectivity index (χ1n) is 13.8. The van der Waals surface area contributed by atoms with Gasteiger partial charge in [0.2, 0.25) is 0 Å². The topological polar surface area (TPSA) is 74.9 Å². The Kier molecular flexibility index (Phi) is 7.87. The van der Waals surface area contributed by atoms with Crippen LogP contribution < -0.4 is 15.0 Å². The lowest BCUT2D eigenvalue weighted by Gasteiger charge is -2.35. The molecule has 3 heterocycles.